The molecule has 100 valence electrons. The van der Waals surface area contributed by atoms with Crippen molar-refractivity contribution in [3.63, 3.8) is 0 Å². The van der Waals surface area contributed by atoms with E-state index in [0.29, 0.717) is 10.7 Å². The molecule has 0 bridgehead atoms. The maximum Gasteiger partial charge on any atom is 0.179 e. The standard InChI is InChI=1S/C13H20N2O2S/c1-3-11-6-9-15(10-7-11)13-12(18(2,16)17)5-4-8-14-13/h4-5,8,11H,3,6-7,9-10H2,1-2H3. The molecule has 5 heteroatoms. The first-order valence-corrected chi connectivity index (χ1v) is 8.31. The lowest BCUT2D eigenvalue weighted by Gasteiger charge is -2.33. The zero-order valence-electron chi connectivity index (χ0n) is 11.0. The molecule has 1 fully saturated rings. The van der Waals surface area contributed by atoms with Crippen molar-refractivity contribution < 1.29 is 8.42 Å². The Labute approximate surface area is 109 Å². The molecule has 0 radical (unpaired) electrons. The van der Waals surface area contributed by atoms with Crippen LogP contribution in [0.5, 0.6) is 0 Å². The Morgan fingerprint density at radius 1 is 1.39 bits per heavy atom. The summed E-state index contributed by atoms with van der Waals surface area (Å²) in [7, 11) is -3.21. The van der Waals surface area contributed by atoms with Gasteiger partial charge in [-0.15, -0.1) is 0 Å². The molecule has 0 aromatic carbocycles. The lowest BCUT2D eigenvalue weighted by atomic mass is 9.94. The van der Waals surface area contributed by atoms with Crippen molar-refractivity contribution in [2.45, 2.75) is 31.1 Å². The van der Waals surface area contributed by atoms with Gasteiger partial charge in [-0.05, 0) is 30.9 Å². The van der Waals surface area contributed by atoms with Crippen LogP contribution in [0.25, 0.3) is 0 Å². The number of rotatable bonds is 3. The van der Waals surface area contributed by atoms with Crippen molar-refractivity contribution in [3.05, 3.63) is 18.3 Å². The average Bonchev–Trinajstić information content (AvgIpc) is 2.38. The molecule has 0 unspecified atom stereocenters. The van der Waals surface area contributed by atoms with E-state index in [4.69, 9.17) is 0 Å². The highest BCUT2D eigenvalue weighted by molar-refractivity contribution is 7.90. The third-order valence-corrected chi connectivity index (χ3v) is 4.76. The molecule has 2 heterocycles. The molecule has 1 aliphatic rings. The smallest absolute Gasteiger partial charge is 0.179 e. The van der Waals surface area contributed by atoms with E-state index in [1.54, 1.807) is 18.3 Å². The van der Waals surface area contributed by atoms with Crippen molar-refractivity contribution in [2.24, 2.45) is 5.92 Å². The van der Waals surface area contributed by atoms with Gasteiger partial charge >= 0.3 is 0 Å². The van der Waals surface area contributed by atoms with Gasteiger partial charge < -0.3 is 4.90 Å². The Hall–Kier alpha value is -1.10. The van der Waals surface area contributed by atoms with Gasteiger partial charge in [-0.25, -0.2) is 13.4 Å². The number of anilines is 1. The molecule has 18 heavy (non-hydrogen) atoms. The first kappa shape index (κ1) is 13.3. The summed E-state index contributed by atoms with van der Waals surface area (Å²) in [6, 6.07) is 3.32. The summed E-state index contributed by atoms with van der Waals surface area (Å²) in [6.45, 7) is 4.01. The average molecular weight is 268 g/mol. The second kappa shape index (κ2) is 5.26. The Balaban J connectivity index is 2.25. The normalized spacial score (nSPS) is 18.0. The molecular weight excluding hydrogens is 248 g/mol. The van der Waals surface area contributed by atoms with Gasteiger partial charge in [0.1, 0.15) is 10.7 Å². The van der Waals surface area contributed by atoms with Crippen molar-refractivity contribution in [2.75, 3.05) is 24.2 Å². The number of pyridine rings is 1. The summed E-state index contributed by atoms with van der Waals surface area (Å²) in [5.41, 5.74) is 0. The molecular formula is C13H20N2O2S. The molecule has 0 spiro atoms. The van der Waals surface area contributed by atoms with E-state index in [-0.39, 0.29) is 0 Å². The fourth-order valence-electron chi connectivity index (χ4n) is 2.46. The van der Waals surface area contributed by atoms with Crippen LogP contribution in [0.2, 0.25) is 0 Å². The number of hydrogen-bond acceptors (Lipinski definition) is 4. The first-order valence-electron chi connectivity index (χ1n) is 6.42. The predicted molar refractivity (Wildman–Crippen MR) is 72.6 cm³/mol. The topological polar surface area (TPSA) is 50.3 Å². The molecule has 1 aromatic heterocycles. The number of aromatic nitrogens is 1. The van der Waals surface area contributed by atoms with E-state index in [1.165, 1.54) is 12.7 Å². The maximum absolute atomic E-state index is 11.8. The second-order valence-corrected chi connectivity index (χ2v) is 6.92. The van der Waals surface area contributed by atoms with Gasteiger partial charge in [0.2, 0.25) is 0 Å². The number of hydrogen-bond donors (Lipinski definition) is 0. The van der Waals surface area contributed by atoms with E-state index >= 15 is 0 Å². The van der Waals surface area contributed by atoms with E-state index < -0.39 is 9.84 Å². The highest BCUT2D eigenvalue weighted by atomic mass is 32.2. The summed E-state index contributed by atoms with van der Waals surface area (Å²) in [5, 5.41) is 0. The molecule has 2 rings (SSSR count). The zero-order chi connectivity index (χ0) is 13.2. The van der Waals surface area contributed by atoms with Gasteiger partial charge in [0.15, 0.2) is 9.84 Å². The minimum Gasteiger partial charge on any atom is -0.356 e. The Kier molecular flexibility index (Phi) is 3.90. The predicted octanol–water partition coefficient (Wildman–Crippen LogP) is 2.11. The van der Waals surface area contributed by atoms with Gasteiger partial charge in [0.25, 0.3) is 0 Å². The zero-order valence-corrected chi connectivity index (χ0v) is 11.8. The largest absolute Gasteiger partial charge is 0.356 e. The van der Waals surface area contributed by atoms with Crippen LogP contribution in [0.3, 0.4) is 0 Å². The van der Waals surface area contributed by atoms with Gasteiger partial charge in [-0.2, -0.15) is 0 Å². The lowest BCUT2D eigenvalue weighted by molar-refractivity contribution is 0.392. The summed E-state index contributed by atoms with van der Waals surface area (Å²) in [4.78, 5) is 6.71. The van der Waals surface area contributed by atoms with Crippen LogP contribution >= 0.6 is 0 Å². The van der Waals surface area contributed by atoms with Gasteiger partial charge in [0, 0.05) is 25.5 Å². The summed E-state index contributed by atoms with van der Waals surface area (Å²) in [6.07, 6.45) is 6.35. The molecule has 0 atom stereocenters. The SMILES string of the molecule is CCC1CCN(c2ncccc2S(C)(=O)=O)CC1. The van der Waals surface area contributed by atoms with E-state index in [0.717, 1.165) is 31.8 Å². The summed E-state index contributed by atoms with van der Waals surface area (Å²) < 4.78 is 23.5. The van der Waals surface area contributed by atoms with Gasteiger partial charge in [-0.3, -0.25) is 0 Å². The number of nitrogens with zero attached hydrogens (tertiary/aromatic N) is 2. The molecule has 0 amide bonds. The Bertz CT molecular complexity index is 505. The summed E-state index contributed by atoms with van der Waals surface area (Å²) >= 11 is 0. The summed E-state index contributed by atoms with van der Waals surface area (Å²) in [5.74, 6) is 1.39. The third kappa shape index (κ3) is 2.83. The van der Waals surface area contributed by atoms with Crippen LogP contribution in [-0.4, -0.2) is 32.7 Å². The van der Waals surface area contributed by atoms with Crippen LogP contribution in [-0.2, 0) is 9.84 Å². The number of piperidine rings is 1. The Morgan fingerprint density at radius 2 is 2.06 bits per heavy atom. The lowest BCUT2D eigenvalue weighted by Crippen LogP contribution is -2.35. The van der Waals surface area contributed by atoms with Crippen molar-refractivity contribution in [1.82, 2.24) is 4.98 Å². The minimum atomic E-state index is -3.21. The second-order valence-electron chi connectivity index (χ2n) is 4.94. The maximum atomic E-state index is 11.8. The monoisotopic (exact) mass is 268 g/mol. The Morgan fingerprint density at radius 3 is 2.61 bits per heavy atom. The van der Waals surface area contributed by atoms with Gasteiger partial charge in [0.05, 0.1) is 0 Å². The fourth-order valence-corrected chi connectivity index (χ4v) is 3.30. The molecule has 1 aromatic rings. The van der Waals surface area contributed by atoms with Crippen LogP contribution in [0, 0.1) is 5.92 Å². The quantitative estimate of drug-likeness (QED) is 0.842. The van der Waals surface area contributed by atoms with Crippen molar-refractivity contribution in [3.8, 4) is 0 Å². The van der Waals surface area contributed by atoms with Crippen LogP contribution in [0.15, 0.2) is 23.2 Å². The van der Waals surface area contributed by atoms with Crippen LogP contribution < -0.4 is 4.90 Å². The highest BCUT2D eigenvalue weighted by Crippen LogP contribution is 2.28. The van der Waals surface area contributed by atoms with Crippen molar-refractivity contribution >= 4 is 15.7 Å². The molecule has 0 saturated carbocycles. The third-order valence-electron chi connectivity index (χ3n) is 3.64. The molecule has 1 aliphatic heterocycles. The van der Waals surface area contributed by atoms with E-state index in [2.05, 4.69) is 16.8 Å². The van der Waals surface area contributed by atoms with Crippen LogP contribution in [0.1, 0.15) is 26.2 Å². The molecule has 4 nitrogen and oxygen atoms in total. The minimum absolute atomic E-state index is 0.347. The van der Waals surface area contributed by atoms with E-state index in [1.807, 2.05) is 0 Å². The van der Waals surface area contributed by atoms with Gasteiger partial charge in [-0.1, -0.05) is 13.3 Å². The number of sulfone groups is 1. The first-order chi connectivity index (χ1) is 8.52. The molecule has 0 aliphatic carbocycles. The van der Waals surface area contributed by atoms with E-state index in [9.17, 15) is 8.42 Å². The molecule has 0 N–H and O–H groups in total. The fraction of sp³-hybridized carbons (Fsp3) is 0.615. The van der Waals surface area contributed by atoms with Crippen LogP contribution in [0.4, 0.5) is 5.82 Å². The molecule has 1 saturated heterocycles. The van der Waals surface area contributed by atoms with Crippen molar-refractivity contribution in [1.29, 1.82) is 0 Å². The highest BCUT2D eigenvalue weighted by Gasteiger charge is 2.23.